The SMILES string of the molecule is COc1ccc(CCNC(=O)/C=C/c2ccc(C)s2)cc1OC. The van der Waals surface area contributed by atoms with Gasteiger partial charge in [-0.15, -0.1) is 11.3 Å². The van der Waals surface area contributed by atoms with Gasteiger partial charge in [0, 0.05) is 22.4 Å². The first-order valence-electron chi connectivity index (χ1n) is 7.35. The average molecular weight is 331 g/mol. The fourth-order valence-corrected chi connectivity index (χ4v) is 2.91. The molecule has 1 amide bonds. The highest BCUT2D eigenvalue weighted by Crippen LogP contribution is 2.27. The maximum atomic E-state index is 11.8. The van der Waals surface area contributed by atoms with E-state index in [0.717, 1.165) is 16.9 Å². The Labute approximate surface area is 140 Å². The Morgan fingerprint density at radius 3 is 2.61 bits per heavy atom. The molecule has 2 aromatic rings. The zero-order chi connectivity index (χ0) is 16.7. The summed E-state index contributed by atoms with van der Waals surface area (Å²) in [5.74, 6) is 1.32. The van der Waals surface area contributed by atoms with E-state index in [1.807, 2.05) is 43.3 Å². The lowest BCUT2D eigenvalue weighted by atomic mass is 10.1. The van der Waals surface area contributed by atoms with Crippen LogP contribution in [0.3, 0.4) is 0 Å². The summed E-state index contributed by atoms with van der Waals surface area (Å²) in [5.41, 5.74) is 1.08. The lowest BCUT2D eigenvalue weighted by molar-refractivity contribution is -0.116. The minimum absolute atomic E-state index is 0.0865. The van der Waals surface area contributed by atoms with Crippen LogP contribution in [0.4, 0.5) is 0 Å². The van der Waals surface area contributed by atoms with Crippen molar-refractivity contribution in [2.45, 2.75) is 13.3 Å². The molecule has 0 spiro atoms. The molecule has 0 atom stereocenters. The number of carbonyl (C=O) groups is 1. The third-order valence-electron chi connectivity index (χ3n) is 3.32. The molecule has 1 aromatic heterocycles. The molecule has 0 saturated heterocycles. The predicted octanol–water partition coefficient (Wildman–Crippen LogP) is 3.45. The molecule has 0 aliphatic heterocycles. The van der Waals surface area contributed by atoms with Crippen molar-refractivity contribution in [1.29, 1.82) is 0 Å². The van der Waals surface area contributed by atoms with Crippen LogP contribution >= 0.6 is 11.3 Å². The Morgan fingerprint density at radius 1 is 1.17 bits per heavy atom. The fourth-order valence-electron chi connectivity index (χ4n) is 2.13. The van der Waals surface area contributed by atoms with Gasteiger partial charge in [-0.05, 0) is 49.2 Å². The normalized spacial score (nSPS) is 10.7. The molecule has 0 aliphatic carbocycles. The van der Waals surface area contributed by atoms with Crippen LogP contribution in [-0.4, -0.2) is 26.7 Å². The first-order chi connectivity index (χ1) is 11.1. The molecule has 122 valence electrons. The van der Waals surface area contributed by atoms with Crippen molar-refractivity contribution in [2.75, 3.05) is 20.8 Å². The highest BCUT2D eigenvalue weighted by molar-refractivity contribution is 7.12. The zero-order valence-electron chi connectivity index (χ0n) is 13.6. The fraction of sp³-hybridized carbons (Fsp3) is 0.278. The molecule has 1 aromatic carbocycles. The second-order valence-corrected chi connectivity index (χ2v) is 6.33. The number of nitrogens with one attached hydrogen (secondary N) is 1. The van der Waals surface area contributed by atoms with Crippen molar-refractivity contribution in [3.63, 3.8) is 0 Å². The maximum absolute atomic E-state index is 11.8. The largest absolute Gasteiger partial charge is 0.493 e. The summed E-state index contributed by atoms with van der Waals surface area (Å²) in [6.45, 7) is 2.62. The van der Waals surface area contributed by atoms with Crippen molar-refractivity contribution in [3.05, 3.63) is 51.7 Å². The van der Waals surface area contributed by atoms with Gasteiger partial charge in [0.15, 0.2) is 11.5 Å². The number of benzene rings is 1. The Kier molecular flexibility index (Phi) is 6.23. The first-order valence-corrected chi connectivity index (χ1v) is 8.17. The van der Waals surface area contributed by atoms with Gasteiger partial charge in [0.2, 0.25) is 5.91 Å². The summed E-state index contributed by atoms with van der Waals surface area (Å²) < 4.78 is 10.5. The third kappa shape index (κ3) is 5.14. The minimum atomic E-state index is -0.0865. The molecule has 4 nitrogen and oxygen atoms in total. The van der Waals surface area contributed by atoms with Crippen LogP contribution in [0.1, 0.15) is 15.3 Å². The number of methoxy groups -OCH3 is 2. The van der Waals surface area contributed by atoms with Crippen LogP contribution in [0.2, 0.25) is 0 Å². The molecule has 5 heteroatoms. The highest BCUT2D eigenvalue weighted by Gasteiger charge is 2.04. The molecule has 1 heterocycles. The quantitative estimate of drug-likeness (QED) is 0.791. The summed E-state index contributed by atoms with van der Waals surface area (Å²) in [7, 11) is 3.22. The van der Waals surface area contributed by atoms with E-state index in [4.69, 9.17) is 9.47 Å². The minimum Gasteiger partial charge on any atom is -0.493 e. The van der Waals surface area contributed by atoms with Crippen LogP contribution < -0.4 is 14.8 Å². The van der Waals surface area contributed by atoms with Gasteiger partial charge in [0.1, 0.15) is 0 Å². The number of hydrogen-bond donors (Lipinski definition) is 1. The average Bonchev–Trinajstić information content (AvgIpc) is 2.98. The van der Waals surface area contributed by atoms with E-state index in [1.165, 1.54) is 4.88 Å². The third-order valence-corrected chi connectivity index (χ3v) is 4.29. The van der Waals surface area contributed by atoms with Gasteiger partial charge >= 0.3 is 0 Å². The first kappa shape index (κ1) is 17.1. The number of hydrogen-bond acceptors (Lipinski definition) is 4. The van der Waals surface area contributed by atoms with E-state index in [9.17, 15) is 4.79 Å². The molecule has 0 fully saturated rings. The lowest BCUT2D eigenvalue weighted by Crippen LogP contribution is -2.23. The Balaban J connectivity index is 1.82. The second-order valence-electron chi connectivity index (χ2n) is 5.01. The van der Waals surface area contributed by atoms with Crippen molar-refractivity contribution in [3.8, 4) is 11.5 Å². The lowest BCUT2D eigenvalue weighted by Gasteiger charge is -2.09. The molecule has 1 N–H and O–H groups in total. The monoisotopic (exact) mass is 331 g/mol. The summed E-state index contributed by atoms with van der Waals surface area (Å²) in [6.07, 6.45) is 4.14. The number of carbonyl (C=O) groups excluding carboxylic acids is 1. The van der Waals surface area contributed by atoms with Crippen LogP contribution in [0.25, 0.3) is 6.08 Å². The highest BCUT2D eigenvalue weighted by atomic mass is 32.1. The number of thiophene rings is 1. The topological polar surface area (TPSA) is 47.6 Å². The number of aryl methyl sites for hydroxylation is 1. The number of amides is 1. The van der Waals surface area contributed by atoms with E-state index < -0.39 is 0 Å². The van der Waals surface area contributed by atoms with E-state index in [-0.39, 0.29) is 5.91 Å². The zero-order valence-corrected chi connectivity index (χ0v) is 14.4. The Morgan fingerprint density at radius 2 is 1.96 bits per heavy atom. The van der Waals surface area contributed by atoms with Crippen molar-refractivity contribution >= 4 is 23.3 Å². The molecule has 0 radical (unpaired) electrons. The Bertz CT molecular complexity index is 691. The van der Waals surface area contributed by atoms with Gasteiger partial charge in [-0.3, -0.25) is 4.79 Å². The molecular weight excluding hydrogens is 310 g/mol. The smallest absolute Gasteiger partial charge is 0.244 e. The second kappa shape index (κ2) is 8.39. The standard InChI is InChI=1S/C18H21NO3S/c1-13-4-6-15(23-13)7-9-18(20)19-11-10-14-5-8-16(21-2)17(12-14)22-3/h4-9,12H,10-11H2,1-3H3,(H,19,20)/b9-7+. The van der Waals surface area contributed by atoms with E-state index in [0.29, 0.717) is 18.0 Å². The van der Waals surface area contributed by atoms with Gasteiger partial charge in [-0.25, -0.2) is 0 Å². The molecular formula is C18H21NO3S. The van der Waals surface area contributed by atoms with Gasteiger partial charge in [0.05, 0.1) is 14.2 Å². The predicted molar refractivity (Wildman–Crippen MR) is 94.3 cm³/mol. The summed E-state index contributed by atoms with van der Waals surface area (Å²) in [5, 5.41) is 2.88. The van der Waals surface area contributed by atoms with Crippen molar-refractivity contribution in [1.82, 2.24) is 5.32 Å². The van der Waals surface area contributed by atoms with E-state index in [1.54, 1.807) is 31.6 Å². The number of rotatable bonds is 7. The number of ether oxygens (including phenoxy) is 2. The molecule has 23 heavy (non-hydrogen) atoms. The van der Waals surface area contributed by atoms with E-state index in [2.05, 4.69) is 5.32 Å². The molecule has 0 unspecified atom stereocenters. The summed E-state index contributed by atoms with van der Waals surface area (Å²) >= 11 is 1.67. The summed E-state index contributed by atoms with van der Waals surface area (Å²) in [6, 6.07) is 9.81. The van der Waals surface area contributed by atoms with Crippen molar-refractivity contribution < 1.29 is 14.3 Å². The van der Waals surface area contributed by atoms with Crippen LogP contribution in [0.5, 0.6) is 11.5 Å². The van der Waals surface area contributed by atoms with Crippen molar-refractivity contribution in [2.24, 2.45) is 0 Å². The van der Waals surface area contributed by atoms with Crippen LogP contribution in [0, 0.1) is 6.92 Å². The maximum Gasteiger partial charge on any atom is 0.244 e. The van der Waals surface area contributed by atoms with Crippen LogP contribution in [0.15, 0.2) is 36.4 Å². The van der Waals surface area contributed by atoms with Crippen LogP contribution in [-0.2, 0) is 11.2 Å². The Hall–Kier alpha value is -2.27. The van der Waals surface area contributed by atoms with Gasteiger partial charge in [0.25, 0.3) is 0 Å². The molecule has 2 rings (SSSR count). The van der Waals surface area contributed by atoms with Gasteiger partial charge in [-0.1, -0.05) is 6.07 Å². The molecule has 0 saturated carbocycles. The van der Waals surface area contributed by atoms with Gasteiger partial charge in [-0.2, -0.15) is 0 Å². The van der Waals surface area contributed by atoms with E-state index >= 15 is 0 Å². The summed E-state index contributed by atoms with van der Waals surface area (Å²) in [4.78, 5) is 14.1. The molecule has 0 bridgehead atoms. The molecule has 0 aliphatic rings. The van der Waals surface area contributed by atoms with Gasteiger partial charge < -0.3 is 14.8 Å².